The van der Waals surface area contributed by atoms with Crippen LogP contribution in [0.5, 0.6) is 0 Å². The summed E-state index contributed by atoms with van der Waals surface area (Å²) in [6, 6.07) is 8.17. The molecule has 9 heteroatoms. The zero-order valence-corrected chi connectivity index (χ0v) is 19.4. The molecule has 0 bridgehead atoms. The molecule has 0 aromatic heterocycles. The zero-order chi connectivity index (χ0) is 21.8. The first kappa shape index (κ1) is 23.4. The standard InChI is InChI=1S/C20H21BrClNO5S/c1-12-4-5-15(10-13(12)2)29(26,27)9-8-19(25)28-11-18(24)23-17-7-6-16(21)20(22)14(17)3/h4-7,10H,8-9,11H2,1-3H3,(H,23,24). The molecule has 0 unspecified atom stereocenters. The van der Waals surface area contributed by atoms with Crippen LogP contribution in [0.2, 0.25) is 5.02 Å². The number of benzene rings is 2. The van der Waals surface area contributed by atoms with E-state index in [0.717, 1.165) is 11.1 Å². The first-order chi connectivity index (χ1) is 13.5. The van der Waals surface area contributed by atoms with E-state index in [1.807, 2.05) is 13.8 Å². The van der Waals surface area contributed by atoms with Crippen molar-refractivity contribution in [2.75, 3.05) is 17.7 Å². The summed E-state index contributed by atoms with van der Waals surface area (Å²) in [6.07, 6.45) is -0.342. The van der Waals surface area contributed by atoms with E-state index in [1.165, 1.54) is 6.07 Å². The number of amides is 1. The smallest absolute Gasteiger partial charge is 0.307 e. The number of halogens is 2. The van der Waals surface area contributed by atoms with Gasteiger partial charge in [0.15, 0.2) is 16.4 Å². The van der Waals surface area contributed by atoms with Crippen LogP contribution in [0.4, 0.5) is 5.69 Å². The molecule has 2 aromatic carbocycles. The second kappa shape index (κ2) is 9.73. The van der Waals surface area contributed by atoms with Crippen molar-refractivity contribution in [1.29, 1.82) is 0 Å². The van der Waals surface area contributed by atoms with Crippen LogP contribution in [0.25, 0.3) is 0 Å². The maximum atomic E-state index is 12.4. The van der Waals surface area contributed by atoms with Crippen LogP contribution in [0.3, 0.4) is 0 Å². The van der Waals surface area contributed by atoms with Crippen LogP contribution >= 0.6 is 27.5 Å². The highest BCUT2D eigenvalue weighted by molar-refractivity contribution is 9.10. The third-order valence-electron chi connectivity index (χ3n) is 4.39. The topological polar surface area (TPSA) is 89.5 Å². The van der Waals surface area contributed by atoms with Crippen LogP contribution in [0, 0.1) is 20.8 Å². The maximum absolute atomic E-state index is 12.4. The average molecular weight is 503 g/mol. The van der Waals surface area contributed by atoms with Crippen LogP contribution in [0.1, 0.15) is 23.1 Å². The van der Waals surface area contributed by atoms with Crippen molar-refractivity contribution in [1.82, 2.24) is 0 Å². The number of hydrogen-bond donors (Lipinski definition) is 1. The molecule has 0 heterocycles. The summed E-state index contributed by atoms with van der Waals surface area (Å²) in [4.78, 5) is 24.0. The van der Waals surface area contributed by atoms with Gasteiger partial charge in [0.1, 0.15) is 0 Å². The lowest BCUT2D eigenvalue weighted by molar-refractivity contribution is -0.146. The molecule has 156 valence electrons. The SMILES string of the molecule is Cc1ccc(S(=O)(=O)CCC(=O)OCC(=O)Nc2ccc(Br)c(Cl)c2C)cc1C. The number of rotatable bonds is 7. The van der Waals surface area contributed by atoms with Gasteiger partial charge in [0.25, 0.3) is 5.91 Å². The Kier molecular flexibility index (Phi) is 7.85. The predicted molar refractivity (Wildman–Crippen MR) is 116 cm³/mol. The Morgan fingerprint density at radius 2 is 1.79 bits per heavy atom. The summed E-state index contributed by atoms with van der Waals surface area (Å²) < 4.78 is 30.3. The van der Waals surface area contributed by atoms with Gasteiger partial charge in [-0.05, 0) is 77.7 Å². The average Bonchev–Trinajstić information content (AvgIpc) is 2.67. The lowest BCUT2D eigenvalue weighted by atomic mass is 10.1. The number of sulfone groups is 1. The fourth-order valence-corrected chi connectivity index (χ4v) is 4.33. The van der Waals surface area contributed by atoms with Crippen molar-refractivity contribution < 1.29 is 22.7 Å². The number of aryl methyl sites for hydroxylation is 2. The van der Waals surface area contributed by atoms with Gasteiger partial charge in [0, 0.05) is 10.2 Å². The Morgan fingerprint density at radius 3 is 2.45 bits per heavy atom. The van der Waals surface area contributed by atoms with Crippen molar-refractivity contribution in [3.8, 4) is 0 Å². The minimum atomic E-state index is -3.62. The molecule has 2 aromatic rings. The van der Waals surface area contributed by atoms with Gasteiger partial charge in [-0.25, -0.2) is 8.42 Å². The molecular weight excluding hydrogens is 482 g/mol. The Hall–Kier alpha value is -1.90. The van der Waals surface area contributed by atoms with Gasteiger partial charge in [0.05, 0.1) is 22.1 Å². The molecule has 1 amide bonds. The maximum Gasteiger partial charge on any atom is 0.307 e. The fourth-order valence-electron chi connectivity index (χ4n) is 2.43. The lowest BCUT2D eigenvalue weighted by Gasteiger charge is -2.11. The van der Waals surface area contributed by atoms with E-state index in [9.17, 15) is 18.0 Å². The van der Waals surface area contributed by atoms with Crippen molar-refractivity contribution in [2.45, 2.75) is 32.1 Å². The molecule has 29 heavy (non-hydrogen) atoms. The van der Waals surface area contributed by atoms with Crippen molar-refractivity contribution in [3.05, 3.63) is 56.5 Å². The van der Waals surface area contributed by atoms with Gasteiger partial charge < -0.3 is 10.1 Å². The number of carbonyl (C=O) groups excluding carboxylic acids is 2. The molecule has 6 nitrogen and oxygen atoms in total. The Morgan fingerprint density at radius 1 is 1.10 bits per heavy atom. The number of ether oxygens (including phenoxy) is 1. The molecular formula is C20H21BrClNO5S. The third kappa shape index (κ3) is 6.29. The lowest BCUT2D eigenvalue weighted by Crippen LogP contribution is -2.22. The van der Waals surface area contributed by atoms with Crippen LogP contribution in [-0.4, -0.2) is 32.7 Å². The predicted octanol–water partition coefficient (Wildman–Crippen LogP) is 4.37. The van der Waals surface area contributed by atoms with Crippen LogP contribution in [0.15, 0.2) is 39.7 Å². The van der Waals surface area contributed by atoms with Crippen molar-refractivity contribution in [2.24, 2.45) is 0 Å². The van der Waals surface area contributed by atoms with Crippen LogP contribution in [-0.2, 0) is 24.2 Å². The molecule has 0 aliphatic rings. The van der Waals surface area contributed by atoms with Gasteiger partial charge in [-0.1, -0.05) is 17.7 Å². The minimum absolute atomic E-state index is 0.161. The number of hydrogen-bond acceptors (Lipinski definition) is 5. The molecule has 0 fully saturated rings. The van der Waals surface area contributed by atoms with Crippen molar-refractivity contribution in [3.63, 3.8) is 0 Å². The summed E-state index contributed by atoms with van der Waals surface area (Å²) in [5, 5.41) is 3.07. The highest BCUT2D eigenvalue weighted by Crippen LogP contribution is 2.30. The van der Waals surface area contributed by atoms with E-state index in [-0.39, 0.29) is 11.3 Å². The van der Waals surface area contributed by atoms with E-state index in [2.05, 4.69) is 21.2 Å². The molecule has 0 saturated carbocycles. The normalized spacial score (nSPS) is 11.2. The van der Waals surface area contributed by atoms with Crippen LogP contribution < -0.4 is 5.32 Å². The van der Waals surface area contributed by atoms with E-state index in [0.29, 0.717) is 20.7 Å². The number of carbonyl (C=O) groups is 2. The number of anilines is 1. The highest BCUT2D eigenvalue weighted by Gasteiger charge is 2.18. The molecule has 1 N–H and O–H groups in total. The van der Waals surface area contributed by atoms with Gasteiger partial charge in [-0.3, -0.25) is 9.59 Å². The Labute approximate surface area is 183 Å². The summed E-state index contributed by atoms with van der Waals surface area (Å²) in [5.74, 6) is -1.70. The molecule has 0 spiro atoms. The summed E-state index contributed by atoms with van der Waals surface area (Å²) >= 11 is 9.40. The number of nitrogens with one attached hydrogen (secondary N) is 1. The molecule has 0 aliphatic heterocycles. The second-order valence-corrected chi connectivity index (χ2v) is 9.90. The molecule has 2 rings (SSSR count). The van der Waals surface area contributed by atoms with Gasteiger partial charge in [-0.15, -0.1) is 0 Å². The first-order valence-corrected chi connectivity index (χ1v) is 11.5. The second-order valence-electron chi connectivity index (χ2n) is 6.56. The van der Waals surface area contributed by atoms with E-state index < -0.39 is 34.1 Å². The van der Waals surface area contributed by atoms with Gasteiger partial charge in [0.2, 0.25) is 0 Å². The molecule has 0 saturated heterocycles. The summed E-state index contributed by atoms with van der Waals surface area (Å²) in [7, 11) is -3.62. The van der Waals surface area contributed by atoms with E-state index in [1.54, 1.807) is 31.2 Å². The molecule has 0 atom stereocenters. The Balaban J connectivity index is 1.87. The zero-order valence-electron chi connectivity index (χ0n) is 16.2. The number of esters is 1. The van der Waals surface area contributed by atoms with E-state index >= 15 is 0 Å². The monoisotopic (exact) mass is 501 g/mol. The largest absolute Gasteiger partial charge is 0.456 e. The van der Waals surface area contributed by atoms with E-state index in [4.69, 9.17) is 16.3 Å². The third-order valence-corrected chi connectivity index (χ3v) is 7.48. The molecule has 0 radical (unpaired) electrons. The first-order valence-electron chi connectivity index (χ1n) is 8.71. The van der Waals surface area contributed by atoms with Crippen molar-refractivity contribution >= 4 is 54.9 Å². The quantitative estimate of drug-likeness (QED) is 0.568. The summed E-state index contributed by atoms with van der Waals surface area (Å²) in [6.45, 7) is 4.93. The summed E-state index contributed by atoms with van der Waals surface area (Å²) in [5.41, 5.74) is 3.00. The van der Waals surface area contributed by atoms with Gasteiger partial charge in [-0.2, -0.15) is 0 Å². The molecule has 0 aliphatic carbocycles. The van der Waals surface area contributed by atoms with Gasteiger partial charge >= 0.3 is 5.97 Å². The minimum Gasteiger partial charge on any atom is -0.456 e. The fraction of sp³-hybridized carbons (Fsp3) is 0.300. The Bertz CT molecular complexity index is 1050. The highest BCUT2D eigenvalue weighted by atomic mass is 79.9.